The normalized spacial score (nSPS) is 9.25. The van der Waals surface area contributed by atoms with E-state index in [1.54, 1.807) is 6.07 Å². The number of primary amides is 1. The van der Waals surface area contributed by atoms with E-state index in [0.717, 1.165) is 6.07 Å². The SMILES string of the molecule is COc1ccc([N+](=O)[O-])c(C#N)c1C(N)=O. The largest absolute Gasteiger partial charge is 0.496 e. The highest BCUT2D eigenvalue weighted by Gasteiger charge is 2.24. The molecule has 0 spiro atoms. The van der Waals surface area contributed by atoms with Crippen molar-refractivity contribution in [3.8, 4) is 11.8 Å². The topological polar surface area (TPSA) is 119 Å². The van der Waals surface area contributed by atoms with E-state index in [9.17, 15) is 14.9 Å². The van der Waals surface area contributed by atoms with Crippen LogP contribution in [-0.2, 0) is 0 Å². The van der Waals surface area contributed by atoms with Gasteiger partial charge in [-0.25, -0.2) is 0 Å². The van der Waals surface area contributed by atoms with Crippen LogP contribution in [0.2, 0.25) is 0 Å². The van der Waals surface area contributed by atoms with Crippen molar-refractivity contribution in [2.45, 2.75) is 0 Å². The molecule has 0 aliphatic heterocycles. The first-order valence-electron chi connectivity index (χ1n) is 4.08. The molecule has 1 amide bonds. The fourth-order valence-electron chi connectivity index (χ4n) is 1.25. The first kappa shape index (κ1) is 11.5. The smallest absolute Gasteiger partial charge is 0.288 e. The summed E-state index contributed by atoms with van der Waals surface area (Å²) in [5.41, 5.74) is 3.90. The van der Waals surface area contributed by atoms with Gasteiger partial charge in [0.1, 0.15) is 22.9 Å². The van der Waals surface area contributed by atoms with Crippen LogP contribution in [0.5, 0.6) is 5.75 Å². The predicted molar refractivity (Wildman–Crippen MR) is 52.9 cm³/mol. The molecule has 0 bridgehead atoms. The molecule has 0 radical (unpaired) electrons. The average molecular weight is 221 g/mol. The van der Waals surface area contributed by atoms with Crippen molar-refractivity contribution in [3.05, 3.63) is 33.4 Å². The quantitative estimate of drug-likeness (QED) is 0.591. The number of hydrogen-bond acceptors (Lipinski definition) is 5. The number of rotatable bonds is 3. The Morgan fingerprint density at radius 2 is 2.25 bits per heavy atom. The second kappa shape index (κ2) is 4.27. The highest BCUT2D eigenvalue weighted by Crippen LogP contribution is 2.29. The Morgan fingerprint density at radius 3 is 2.62 bits per heavy atom. The number of benzene rings is 1. The molecule has 82 valence electrons. The highest BCUT2D eigenvalue weighted by atomic mass is 16.6. The van der Waals surface area contributed by atoms with Crippen molar-refractivity contribution < 1.29 is 14.5 Å². The molecule has 1 aromatic carbocycles. The number of ether oxygens (including phenoxy) is 1. The Hall–Kier alpha value is -2.62. The zero-order valence-electron chi connectivity index (χ0n) is 8.26. The molecule has 0 saturated heterocycles. The lowest BCUT2D eigenvalue weighted by Crippen LogP contribution is -2.15. The van der Waals surface area contributed by atoms with Crippen LogP contribution in [0, 0.1) is 21.4 Å². The summed E-state index contributed by atoms with van der Waals surface area (Å²) < 4.78 is 4.81. The Kier molecular flexibility index (Phi) is 3.06. The third-order valence-corrected chi connectivity index (χ3v) is 1.92. The number of nitrogens with two attached hydrogens (primary N) is 1. The first-order chi connectivity index (χ1) is 7.52. The monoisotopic (exact) mass is 221 g/mol. The van der Waals surface area contributed by atoms with Gasteiger partial charge in [-0.2, -0.15) is 5.26 Å². The Balaban J connectivity index is 3.64. The summed E-state index contributed by atoms with van der Waals surface area (Å²) in [5.74, 6) is -0.910. The van der Waals surface area contributed by atoms with Gasteiger partial charge in [0.2, 0.25) is 0 Å². The molecule has 0 aliphatic carbocycles. The van der Waals surface area contributed by atoms with Crippen LogP contribution in [0.4, 0.5) is 5.69 Å². The molecule has 7 heteroatoms. The number of hydrogen-bond donors (Lipinski definition) is 1. The lowest BCUT2D eigenvalue weighted by Gasteiger charge is -2.06. The summed E-state index contributed by atoms with van der Waals surface area (Å²) >= 11 is 0. The second-order valence-corrected chi connectivity index (χ2v) is 2.77. The van der Waals surface area contributed by atoms with E-state index in [1.165, 1.54) is 13.2 Å². The Morgan fingerprint density at radius 1 is 1.62 bits per heavy atom. The molecule has 0 aliphatic rings. The summed E-state index contributed by atoms with van der Waals surface area (Å²) in [5, 5.41) is 19.4. The highest BCUT2D eigenvalue weighted by molar-refractivity contribution is 5.99. The lowest BCUT2D eigenvalue weighted by molar-refractivity contribution is -0.385. The van der Waals surface area contributed by atoms with Gasteiger partial charge in [-0.3, -0.25) is 14.9 Å². The summed E-state index contributed by atoms with van der Waals surface area (Å²) in [6.07, 6.45) is 0. The first-order valence-corrected chi connectivity index (χ1v) is 4.08. The minimum absolute atomic E-state index is 0.0367. The number of amides is 1. The van der Waals surface area contributed by atoms with Crippen molar-refractivity contribution >= 4 is 11.6 Å². The molecule has 1 rings (SSSR count). The van der Waals surface area contributed by atoms with Gasteiger partial charge in [-0.05, 0) is 6.07 Å². The van der Waals surface area contributed by atoms with Crippen LogP contribution in [0.15, 0.2) is 12.1 Å². The molecule has 16 heavy (non-hydrogen) atoms. The summed E-state index contributed by atoms with van der Waals surface area (Å²) in [6, 6.07) is 3.89. The lowest BCUT2D eigenvalue weighted by atomic mass is 10.0. The van der Waals surface area contributed by atoms with Crippen molar-refractivity contribution in [3.63, 3.8) is 0 Å². The molecule has 2 N–H and O–H groups in total. The van der Waals surface area contributed by atoms with Crippen LogP contribution in [-0.4, -0.2) is 17.9 Å². The molecule has 0 heterocycles. The molecule has 0 atom stereocenters. The van der Waals surface area contributed by atoms with Crippen LogP contribution < -0.4 is 10.5 Å². The van der Waals surface area contributed by atoms with Crippen molar-refractivity contribution in [1.82, 2.24) is 0 Å². The van der Waals surface area contributed by atoms with Gasteiger partial charge < -0.3 is 10.5 Å². The minimum Gasteiger partial charge on any atom is -0.496 e. The summed E-state index contributed by atoms with van der Waals surface area (Å²) in [7, 11) is 1.27. The van der Waals surface area contributed by atoms with Gasteiger partial charge in [-0.1, -0.05) is 0 Å². The Labute approximate surface area is 90.2 Å². The number of methoxy groups -OCH3 is 1. The number of nitrogens with zero attached hydrogens (tertiary/aromatic N) is 2. The van der Waals surface area contributed by atoms with E-state index in [1.807, 2.05) is 0 Å². The van der Waals surface area contributed by atoms with E-state index in [-0.39, 0.29) is 11.3 Å². The molecule has 0 unspecified atom stereocenters. The van der Waals surface area contributed by atoms with Gasteiger partial charge in [0, 0.05) is 6.07 Å². The van der Waals surface area contributed by atoms with Crippen molar-refractivity contribution in [1.29, 1.82) is 5.26 Å². The maximum Gasteiger partial charge on any atom is 0.288 e. The standard InChI is InChI=1S/C9H7N3O4/c1-16-7-3-2-6(12(14)15)5(4-10)8(7)9(11)13/h2-3H,1H3,(H2,11,13). The van der Waals surface area contributed by atoms with E-state index in [0.29, 0.717) is 0 Å². The molecule has 0 fully saturated rings. The number of carbonyl (C=O) groups excluding carboxylic acids is 1. The zero-order valence-corrected chi connectivity index (χ0v) is 8.26. The Bertz CT molecular complexity index is 504. The molecule has 1 aromatic rings. The maximum atomic E-state index is 11.1. The van der Waals surface area contributed by atoms with Crippen molar-refractivity contribution in [2.75, 3.05) is 7.11 Å². The van der Waals surface area contributed by atoms with Crippen LogP contribution in [0.25, 0.3) is 0 Å². The maximum absolute atomic E-state index is 11.1. The number of nitriles is 1. The number of carbonyl (C=O) groups is 1. The summed E-state index contributed by atoms with van der Waals surface area (Å²) in [4.78, 5) is 21.0. The van der Waals surface area contributed by atoms with Gasteiger partial charge in [0.05, 0.1) is 12.0 Å². The summed E-state index contributed by atoms with van der Waals surface area (Å²) in [6.45, 7) is 0. The molecule has 0 aromatic heterocycles. The van der Waals surface area contributed by atoms with Gasteiger partial charge in [0.25, 0.3) is 11.6 Å². The van der Waals surface area contributed by atoms with Crippen LogP contribution in [0.1, 0.15) is 15.9 Å². The van der Waals surface area contributed by atoms with E-state index in [4.69, 9.17) is 15.7 Å². The van der Waals surface area contributed by atoms with Gasteiger partial charge in [-0.15, -0.1) is 0 Å². The molecule has 0 saturated carbocycles. The van der Waals surface area contributed by atoms with Crippen molar-refractivity contribution in [2.24, 2.45) is 5.73 Å². The van der Waals surface area contributed by atoms with E-state index < -0.39 is 22.1 Å². The number of nitro benzene ring substituents is 1. The zero-order chi connectivity index (χ0) is 12.3. The number of nitro groups is 1. The average Bonchev–Trinajstić information content (AvgIpc) is 2.26. The van der Waals surface area contributed by atoms with E-state index >= 15 is 0 Å². The third-order valence-electron chi connectivity index (χ3n) is 1.92. The van der Waals surface area contributed by atoms with Crippen LogP contribution in [0.3, 0.4) is 0 Å². The fourth-order valence-corrected chi connectivity index (χ4v) is 1.25. The van der Waals surface area contributed by atoms with Gasteiger partial charge in [0.15, 0.2) is 0 Å². The second-order valence-electron chi connectivity index (χ2n) is 2.77. The van der Waals surface area contributed by atoms with E-state index in [2.05, 4.69) is 0 Å². The third kappa shape index (κ3) is 1.76. The van der Waals surface area contributed by atoms with Crippen LogP contribution >= 0.6 is 0 Å². The molecular formula is C9H7N3O4. The fraction of sp³-hybridized carbons (Fsp3) is 0.111. The molecule has 7 nitrogen and oxygen atoms in total. The molecular weight excluding hydrogens is 214 g/mol. The van der Waals surface area contributed by atoms with Gasteiger partial charge >= 0.3 is 0 Å². The minimum atomic E-state index is -0.947. The predicted octanol–water partition coefficient (Wildman–Crippen LogP) is 0.574.